The first-order valence-electron chi connectivity index (χ1n) is 7.63. The van der Waals surface area contributed by atoms with Gasteiger partial charge in [-0.25, -0.2) is 0 Å². The molecule has 0 aliphatic heterocycles. The van der Waals surface area contributed by atoms with E-state index in [9.17, 15) is 4.79 Å². The highest BCUT2D eigenvalue weighted by molar-refractivity contribution is 5.96. The smallest absolute Gasteiger partial charge is 0.162 e. The number of para-hydroxylation sites is 1. The summed E-state index contributed by atoms with van der Waals surface area (Å²) in [6, 6.07) is 19.6. The average molecular weight is 292 g/mol. The Labute approximate surface area is 130 Å². The molecule has 1 heterocycles. The summed E-state index contributed by atoms with van der Waals surface area (Å²) in [6.45, 7) is 4.26. The molecule has 112 valence electrons. The molecule has 0 atom stereocenters. The molecule has 0 unspecified atom stereocenters. The Kier molecular flexibility index (Phi) is 3.84. The van der Waals surface area contributed by atoms with Crippen molar-refractivity contribution in [1.82, 2.24) is 0 Å². The van der Waals surface area contributed by atoms with Gasteiger partial charge in [-0.05, 0) is 18.6 Å². The molecule has 0 N–H and O–H groups in total. The lowest BCUT2D eigenvalue weighted by molar-refractivity contribution is 0.0970. The van der Waals surface area contributed by atoms with Crippen molar-refractivity contribution in [1.29, 1.82) is 0 Å². The SMILES string of the molecule is CC(C)(CCC(=O)c1ccccc1)c1cc2ccccc2o1. The summed E-state index contributed by atoms with van der Waals surface area (Å²) in [4.78, 5) is 12.3. The zero-order valence-electron chi connectivity index (χ0n) is 13.0. The predicted molar refractivity (Wildman–Crippen MR) is 89.2 cm³/mol. The lowest BCUT2D eigenvalue weighted by atomic mass is 9.83. The molecule has 0 amide bonds. The van der Waals surface area contributed by atoms with Crippen LogP contribution in [-0.2, 0) is 5.41 Å². The van der Waals surface area contributed by atoms with Crippen LogP contribution in [0.3, 0.4) is 0 Å². The predicted octanol–water partition coefficient (Wildman–Crippen LogP) is 5.37. The average Bonchev–Trinajstić information content (AvgIpc) is 2.98. The molecule has 0 bridgehead atoms. The molecule has 22 heavy (non-hydrogen) atoms. The molecule has 0 spiro atoms. The van der Waals surface area contributed by atoms with Crippen LogP contribution in [0.2, 0.25) is 0 Å². The minimum Gasteiger partial charge on any atom is -0.461 e. The van der Waals surface area contributed by atoms with E-state index in [1.54, 1.807) is 0 Å². The van der Waals surface area contributed by atoms with Gasteiger partial charge in [-0.15, -0.1) is 0 Å². The van der Waals surface area contributed by atoms with Crippen molar-refractivity contribution in [3.63, 3.8) is 0 Å². The molecule has 3 aromatic rings. The van der Waals surface area contributed by atoms with Crippen molar-refractivity contribution in [3.05, 3.63) is 72.0 Å². The van der Waals surface area contributed by atoms with E-state index < -0.39 is 0 Å². The van der Waals surface area contributed by atoms with Crippen LogP contribution in [0.4, 0.5) is 0 Å². The topological polar surface area (TPSA) is 30.2 Å². The van der Waals surface area contributed by atoms with E-state index in [4.69, 9.17) is 4.42 Å². The second-order valence-electron chi connectivity index (χ2n) is 6.32. The first kappa shape index (κ1) is 14.6. The first-order chi connectivity index (χ1) is 10.6. The number of ketones is 1. The second-order valence-corrected chi connectivity index (χ2v) is 6.32. The summed E-state index contributed by atoms with van der Waals surface area (Å²) < 4.78 is 5.96. The maximum atomic E-state index is 12.3. The zero-order valence-corrected chi connectivity index (χ0v) is 13.0. The fourth-order valence-electron chi connectivity index (χ4n) is 2.63. The van der Waals surface area contributed by atoms with Crippen LogP contribution in [-0.4, -0.2) is 5.78 Å². The summed E-state index contributed by atoms with van der Waals surface area (Å²) in [5.41, 5.74) is 1.52. The fourth-order valence-corrected chi connectivity index (χ4v) is 2.63. The van der Waals surface area contributed by atoms with Crippen LogP contribution in [0, 0.1) is 0 Å². The molecule has 0 aliphatic rings. The Bertz CT molecular complexity index is 749. The number of carbonyl (C=O) groups is 1. The van der Waals surface area contributed by atoms with E-state index >= 15 is 0 Å². The van der Waals surface area contributed by atoms with Crippen LogP contribution < -0.4 is 0 Å². The lowest BCUT2D eigenvalue weighted by Crippen LogP contribution is -2.18. The highest BCUT2D eigenvalue weighted by Crippen LogP contribution is 2.33. The van der Waals surface area contributed by atoms with Crippen molar-refractivity contribution < 1.29 is 9.21 Å². The Morgan fingerprint density at radius 1 is 1.00 bits per heavy atom. The van der Waals surface area contributed by atoms with Gasteiger partial charge in [0.15, 0.2) is 5.78 Å². The van der Waals surface area contributed by atoms with Gasteiger partial charge in [0.05, 0.1) is 0 Å². The third kappa shape index (κ3) is 2.96. The minimum atomic E-state index is -0.163. The third-order valence-corrected chi connectivity index (χ3v) is 4.17. The van der Waals surface area contributed by atoms with Gasteiger partial charge in [0, 0.05) is 22.8 Å². The van der Waals surface area contributed by atoms with Crippen molar-refractivity contribution in [2.24, 2.45) is 0 Å². The highest BCUT2D eigenvalue weighted by Gasteiger charge is 2.26. The summed E-state index contributed by atoms with van der Waals surface area (Å²) >= 11 is 0. The Morgan fingerprint density at radius 2 is 1.68 bits per heavy atom. The number of furan rings is 1. The molecule has 0 saturated carbocycles. The van der Waals surface area contributed by atoms with Gasteiger partial charge in [0.2, 0.25) is 0 Å². The number of Topliss-reactive ketones (excluding diaryl/α,β-unsaturated/α-hetero) is 1. The second kappa shape index (κ2) is 5.80. The molecule has 2 heteroatoms. The van der Waals surface area contributed by atoms with Crippen LogP contribution in [0.1, 0.15) is 42.8 Å². The van der Waals surface area contributed by atoms with E-state index in [1.165, 1.54) is 0 Å². The Morgan fingerprint density at radius 3 is 2.41 bits per heavy atom. The van der Waals surface area contributed by atoms with Crippen LogP contribution in [0.15, 0.2) is 65.1 Å². The van der Waals surface area contributed by atoms with E-state index in [0.717, 1.165) is 28.7 Å². The largest absolute Gasteiger partial charge is 0.461 e. The molecule has 2 aromatic carbocycles. The standard InChI is InChI=1S/C20H20O2/c1-20(2,13-12-17(21)15-8-4-3-5-9-15)19-14-16-10-6-7-11-18(16)22-19/h3-11,14H,12-13H2,1-2H3. The summed E-state index contributed by atoms with van der Waals surface area (Å²) in [5, 5.41) is 1.11. The van der Waals surface area contributed by atoms with Crippen molar-refractivity contribution in [2.75, 3.05) is 0 Å². The van der Waals surface area contributed by atoms with Crippen LogP contribution >= 0.6 is 0 Å². The van der Waals surface area contributed by atoms with Gasteiger partial charge in [0.25, 0.3) is 0 Å². The number of rotatable bonds is 5. The molecule has 2 nitrogen and oxygen atoms in total. The highest BCUT2D eigenvalue weighted by atomic mass is 16.3. The van der Waals surface area contributed by atoms with Gasteiger partial charge in [0.1, 0.15) is 11.3 Å². The minimum absolute atomic E-state index is 0.163. The Balaban J connectivity index is 1.74. The van der Waals surface area contributed by atoms with Crippen molar-refractivity contribution >= 4 is 16.8 Å². The zero-order chi connectivity index (χ0) is 15.6. The van der Waals surface area contributed by atoms with Crippen LogP contribution in [0.5, 0.6) is 0 Å². The van der Waals surface area contributed by atoms with E-state index in [2.05, 4.69) is 19.9 Å². The van der Waals surface area contributed by atoms with E-state index in [0.29, 0.717) is 6.42 Å². The Hall–Kier alpha value is -2.35. The van der Waals surface area contributed by atoms with Gasteiger partial charge >= 0.3 is 0 Å². The quantitative estimate of drug-likeness (QED) is 0.591. The molecular weight excluding hydrogens is 272 g/mol. The molecule has 1 aromatic heterocycles. The number of hydrogen-bond acceptors (Lipinski definition) is 2. The van der Waals surface area contributed by atoms with E-state index in [1.807, 2.05) is 54.6 Å². The molecular formula is C20H20O2. The third-order valence-electron chi connectivity index (χ3n) is 4.17. The normalized spacial score (nSPS) is 11.7. The molecule has 0 saturated heterocycles. The first-order valence-corrected chi connectivity index (χ1v) is 7.63. The maximum Gasteiger partial charge on any atom is 0.162 e. The monoisotopic (exact) mass is 292 g/mol. The summed E-state index contributed by atoms with van der Waals surface area (Å²) in [6.07, 6.45) is 1.29. The summed E-state index contributed by atoms with van der Waals surface area (Å²) in [7, 11) is 0. The summed E-state index contributed by atoms with van der Waals surface area (Å²) in [5.74, 6) is 1.12. The van der Waals surface area contributed by atoms with E-state index in [-0.39, 0.29) is 11.2 Å². The number of benzene rings is 2. The number of hydrogen-bond donors (Lipinski definition) is 0. The van der Waals surface area contributed by atoms with Crippen LogP contribution in [0.25, 0.3) is 11.0 Å². The molecule has 0 aliphatic carbocycles. The van der Waals surface area contributed by atoms with Gasteiger partial charge < -0.3 is 4.42 Å². The van der Waals surface area contributed by atoms with Crippen molar-refractivity contribution in [2.45, 2.75) is 32.1 Å². The fraction of sp³-hybridized carbons (Fsp3) is 0.250. The molecule has 3 rings (SSSR count). The number of fused-ring (bicyclic) bond motifs is 1. The molecule has 0 fully saturated rings. The lowest BCUT2D eigenvalue weighted by Gasteiger charge is -2.21. The van der Waals surface area contributed by atoms with Gasteiger partial charge in [-0.2, -0.15) is 0 Å². The van der Waals surface area contributed by atoms with Gasteiger partial charge in [-0.1, -0.05) is 62.4 Å². The maximum absolute atomic E-state index is 12.3. The number of carbonyl (C=O) groups excluding carboxylic acids is 1. The van der Waals surface area contributed by atoms with Crippen molar-refractivity contribution in [3.8, 4) is 0 Å². The molecule has 0 radical (unpaired) electrons. The van der Waals surface area contributed by atoms with Gasteiger partial charge in [-0.3, -0.25) is 4.79 Å².